The van der Waals surface area contributed by atoms with Crippen LogP contribution >= 0.6 is 15.9 Å². The normalized spacial score (nSPS) is 12.2. The molecule has 0 saturated carbocycles. The molecule has 1 unspecified atom stereocenters. The van der Waals surface area contributed by atoms with Crippen LogP contribution in [-0.2, 0) is 0 Å². The van der Waals surface area contributed by atoms with Crippen LogP contribution in [0.25, 0.3) is 0 Å². The fourth-order valence-electron chi connectivity index (χ4n) is 1.97. The molecular formula is C15H13BrF3N. The molecule has 0 aliphatic rings. The summed E-state index contributed by atoms with van der Waals surface area (Å²) in [6.45, 7) is 1.93. The maximum Gasteiger partial charge on any atom is 0.150 e. The van der Waals surface area contributed by atoms with Crippen molar-refractivity contribution in [1.82, 2.24) is 0 Å². The molecule has 2 aromatic carbocycles. The highest BCUT2D eigenvalue weighted by Gasteiger charge is 2.15. The van der Waals surface area contributed by atoms with E-state index in [-0.39, 0.29) is 17.5 Å². The van der Waals surface area contributed by atoms with Gasteiger partial charge in [0.1, 0.15) is 17.5 Å². The third-order valence-electron chi connectivity index (χ3n) is 3.01. The Bertz CT molecular complexity index is 576. The minimum Gasteiger partial charge on any atom is -0.375 e. The minimum absolute atomic E-state index is 0.188. The largest absolute Gasteiger partial charge is 0.375 e. The molecule has 0 aliphatic carbocycles. The average molecular weight is 344 g/mol. The van der Waals surface area contributed by atoms with Gasteiger partial charge in [0, 0.05) is 10.5 Å². The SMILES string of the molecule is CCC(Nc1c(F)cc(F)cc1Br)c1ccc(F)cc1. The van der Waals surface area contributed by atoms with Crippen LogP contribution in [0.4, 0.5) is 18.9 Å². The molecule has 0 saturated heterocycles. The Kier molecular flexibility index (Phi) is 4.70. The van der Waals surface area contributed by atoms with Gasteiger partial charge < -0.3 is 5.32 Å². The second kappa shape index (κ2) is 6.31. The smallest absolute Gasteiger partial charge is 0.150 e. The number of halogens is 4. The fourth-order valence-corrected chi connectivity index (χ4v) is 2.49. The maximum atomic E-state index is 13.8. The van der Waals surface area contributed by atoms with Crippen molar-refractivity contribution in [2.24, 2.45) is 0 Å². The molecule has 0 fully saturated rings. The number of nitrogens with one attached hydrogen (secondary N) is 1. The first-order valence-electron chi connectivity index (χ1n) is 6.17. The molecule has 5 heteroatoms. The number of benzene rings is 2. The molecule has 2 rings (SSSR count). The first kappa shape index (κ1) is 14.9. The number of hydrogen-bond acceptors (Lipinski definition) is 1. The van der Waals surface area contributed by atoms with Gasteiger partial charge in [0.25, 0.3) is 0 Å². The Labute approximate surface area is 123 Å². The Morgan fingerprint density at radius 3 is 2.25 bits per heavy atom. The topological polar surface area (TPSA) is 12.0 Å². The molecule has 0 amide bonds. The van der Waals surface area contributed by atoms with Gasteiger partial charge in [-0.25, -0.2) is 13.2 Å². The molecule has 0 aliphatic heterocycles. The van der Waals surface area contributed by atoms with E-state index in [0.717, 1.165) is 11.6 Å². The summed E-state index contributed by atoms with van der Waals surface area (Å²) >= 11 is 3.14. The van der Waals surface area contributed by atoms with Gasteiger partial charge in [-0.1, -0.05) is 19.1 Å². The molecule has 2 aromatic rings. The Hall–Kier alpha value is -1.49. The summed E-state index contributed by atoms with van der Waals surface area (Å²) in [7, 11) is 0. The van der Waals surface area contributed by atoms with Crippen molar-refractivity contribution in [2.75, 3.05) is 5.32 Å². The van der Waals surface area contributed by atoms with Crippen LogP contribution in [0.1, 0.15) is 24.9 Å². The number of rotatable bonds is 4. The van der Waals surface area contributed by atoms with E-state index >= 15 is 0 Å². The minimum atomic E-state index is -0.669. The zero-order valence-corrected chi connectivity index (χ0v) is 12.3. The molecule has 106 valence electrons. The van der Waals surface area contributed by atoms with E-state index in [1.807, 2.05) is 6.92 Å². The Balaban J connectivity index is 2.29. The quantitative estimate of drug-likeness (QED) is 0.780. The number of hydrogen-bond donors (Lipinski definition) is 1. The van der Waals surface area contributed by atoms with Gasteiger partial charge in [0.05, 0.1) is 11.7 Å². The van der Waals surface area contributed by atoms with Crippen molar-refractivity contribution in [1.29, 1.82) is 0 Å². The van der Waals surface area contributed by atoms with Crippen LogP contribution in [0.15, 0.2) is 40.9 Å². The fraction of sp³-hybridized carbons (Fsp3) is 0.200. The second-order valence-corrected chi connectivity index (χ2v) is 5.26. The van der Waals surface area contributed by atoms with Crippen LogP contribution in [0.5, 0.6) is 0 Å². The third kappa shape index (κ3) is 3.33. The lowest BCUT2D eigenvalue weighted by molar-refractivity contribution is 0.580. The van der Waals surface area contributed by atoms with Crippen molar-refractivity contribution in [3.63, 3.8) is 0 Å². The van der Waals surface area contributed by atoms with Gasteiger partial charge in [0.2, 0.25) is 0 Å². The second-order valence-electron chi connectivity index (χ2n) is 4.40. The average Bonchev–Trinajstić information content (AvgIpc) is 2.39. The Morgan fingerprint density at radius 2 is 1.70 bits per heavy atom. The lowest BCUT2D eigenvalue weighted by atomic mass is 10.0. The molecule has 0 radical (unpaired) electrons. The first-order valence-corrected chi connectivity index (χ1v) is 6.97. The zero-order chi connectivity index (χ0) is 14.7. The molecule has 20 heavy (non-hydrogen) atoms. The van der Waals surface area contributed by atoms with Gasteiger partial charge in [-0.2, -0.15) is 0 Å². The highest BCUT2D eigenvalue weighted by molar-refractivity contribution is 9.10. The maximum absolute atomic E-state index is 13.8. The van der Waals surface area contributed by atoms with E-state index in [1.54, 1.807) is 12.1 Å². The van der Waals surface area contributed by atoms with Crippen molar-refractivity contribution in [2.45, 2.75) is 19.4 Å². The van der Waals surface area contributed by atoms with Crippen LogP contribution in [0, 0.1) is 17.5 Å². The molecule has 1 N–H and O–H groups in total. The molecule has 0 spiro atoms. The van der Waals surface area contributed by atoms with E-state index in [0.29, 0.717) is 10.9 Å². The standard InChI is InChI=1S/C15H13BrF3N/c1-2-14(9-3-5-10(17)6-4-9)20-15-12(16)7-11(18)8-13(15)19/h3-8,14,20H,2H2,1H3. The summed E-state index contributed by atoms with van der Waals surface area (Å²) in [5.41, 5.74) is 1.03. The van der Waals surface area contributed by atoms with Gasteiger partial charge in [-0.05, 0) is 46.1 Å². The lowest BCUT2D eigenvalue weighted by Crippen LogP contribution is -2.11. The van der Waals surface area contributed by atoms with Crippen LogP contribution < -0.4 is 5.32 Å². The molecular weight excluding hydrogens is 331 g/mol. The summed E-state index contributed by atoms with van der Waals surface area (Å²) in [4.78, 5) is 0. The van der Waals surface area contributed by atoms with E-state index in [1.165, 1.54) is 18.2 Å². The van der Waals surface area contributed by atoms with E-state index in [4.69, 9.17) is 0 Å². The van der Waals surface area contributed by atoms with Crippen molar-refractivity contribution in [3.05, 3.63) is 63.9 Å². The predicted molar refractivity (Wildman–Crippen MR) is 77.1 cm³/mol. The molecule has 1 atom stereocenters. The van der Waals surface area contributed by atoms with Crippen molar-refractivity contribution < 1.29 is 13.2 Å². The van der Waals surface area contributed by atoms with Crippen molar-refractivity contribution in [3.8, 4) is 0 Å². The van der Waals surface area contributed by atoms with Gasteiger partial charge >= 0.3 is 0 Å². The molecule has 0 heterocycles. The predicted octanol–water partition coefficient (Wildman–Crippen LogP) is 5.43. The summed E-state index contributed by atoms with van der Waals surface area (Å²) in [5.74, 6) is -1.63. The summed E-state index contributed by atoms with van der Waals surface area (Å²) in [6.07, 6.45) is 0.675. The summed E-state index contributed by atoms with van der Waals surface area (Å²) in [6, 6.07) is 7.84. The van der Waals surface area contributed by atoms with Crippen LogP contribution in [0.3, 0.4) is 0 Å². The van der Waals surface area contributed by atoms with E-state index < -0.39 is 11.6 Å². The summed E-state index contributed by atoms with van der Waals surface area (Å²) < 4.78 is 40.1. The Morgan fingerprint density at radius 1 is 1.05 bits per heavy atom. The lowest BCUT2D eigenvalue weighted by Gasteiger charge is -2.20. The highest BCUT2D eigenvalue weighted by Crippen LogP contribution is 2.31. The van der Waals surface area contributed by atoms with E-state index in [2.05, 4.69) is 21.2 Å². The highest BCUT2D eigenvalue weighted by atomic mass is 79.9. The van der Waals surface area contributed by atoms with Gasteiger partial charge in [-0.3, -0.25) is 0 Å². The number of anilines is 1. The zero-order valence-electron chi connectivity index (χ0n) is 10.8. The molecule has 0 bridgehead atoms. The van der Waals surface area contributed by atoms with E-state index in [9.17, 15) is 13.2 Å². The monoisotopic (exact) mass is 343 g/mol. The third-order valence-corrected chi connectivity index (χ3v) is 3.63. The van der Waals surface area contributed by atoms with Crippen LogP contribution in [-0.4, -0.2) is 0 Å². The van der Waals surface area contributed by atoms with Gasteiger partial charge in [0.15, 0.2) is 0 Å². The van der Waals surface area contributed by atoms with Crippen LogP contribution in [0.2, 0.25) is 0 Å². The molecule has 1 nitrogen and oxygen atoms in total. The summed E-state index contributed by atoms with van der Waals surface area (Å²) in [5, 5.41) is 3.02. The van der Waals surface area contributed by atoms with Gasteiger partial charge in [-0.15, -0.1) is 0 Å². The first-order chi connectivity index (χ1) is 9.51. The molecule has 0 aromatic heterocycles. The van der Waals surface area contributed by atoms with Crippen molar-refractivity contribution >= 4 is 21.6 Å².